The summed E-state index contributed by atoms with van der Waals surface area (Å²) in [6.45, 7) is 2.71. The third-order valence-electron chi connectivity index (χ3n) is 8.16. The minimum Gasteiger partial charge on any atom is -0.490 e. The summed E-state index contributed by atoms with van der Waals surface area (Å²) >= 11 is 6.35. The standard InChI is InChI=1S/C30H35ClN2O4/c1-32-14-5-3-2-4-6-15-33-19-30(13-7-8-22-16-23(31)10-11-25(22)30)20-37-27-12-9-21(17-26(27)33)24(29(35)36)18-28(32)34/h3,5,9-12,16-17,24H,2,4,6-8,13-15,18-20H2,1H3,(H,35,36)/b5-3-/t24-,30-/m0/s1. The molecule has 0 radical (unpaired) electrons. The molecular weight excluding hydrogens is 488 g/mol. The molecule has 3 aliphatic rings. The highest BCUT2D eigenvalue weighted by Gasteiger charge is 2.42. The van der Waals surface area contributed by atoms with Crippen LogP contribution in [0.2, 0.25) is 5.02 Å². The van der Waals surface area contributed by atoms with Crippen molar-refractivity contribution in [3.05, 3.63) is 70.3 Å². The number of carbonyl (C=O) groups excluding carboxylic acids is 1. The van der Waals surface area contributed by atoms with E-state index in [2.05, 4.69) is 23.1 Å². The summed E-state index contributed by atoms with van der Waals surface area (Å²) in [6.07, 6.45) is 10.2. The maximum atomic E-state index is 12.8. The van der Waals surface area contributed by atoms with E-state index in [4.69, 9.17) is 16.3 Å². The number of aryl methyl sites for hydroxylation is 1. The molecule has 1 N–H and O–H groups in total. The van der Waals surface area contributed by atoms with Crippen molar-refractivity contribution in [2.24, 2.45) is 0 Å². The van der Waals surface area contributed by atoms with Crippen LogP contribution in [0.25, 0.3) is 0 Å². The number of benzene rings is 2. The fraction of sp³-hybridized carbons (Fsp3) is 0.467. The van der Waals surface area contributed by atoms with Crippen LogP contribution in [0, 0.1) is 0 Å². The molecule has 6 nitrogen and oxygen atoms in total. The number of hydrogen-bond acceptors (Lipinski definition) is 4. The normalized spacial score (nSPS) is 25.4. The van der Waals surface area contributed by atoms with Crippen LogP contribution >= 0.6 is 11.6 Å². The third-order valence-corrected chi connectivity index (χ3v) is 8.40. The van der Waals surface area contributed by atoms with Gasteiger partial charge in [0.25, 0.3) is 0 Å². The number of carbonyl (C=O) groups is 2. The lowest BCUT2D eigenvalue weighted by atomic mass is 9.70. The number of likely N-dealkylation sites (N-methyl/N-ethyl adjacent to an activating group) is 1. The Bertz CT molecular complexity index is 1210. The van der Waals surface area contributed by atoms with Crippen molar-refractivity contribution >= 4 is 29.2 Å². The van der Waals surface area contributed by atoms with E-state index < -0.39 is 11.9 Å². The molecule has 2 aromatic rings. The lowest BCUT2D eigenvalue weighted by Gasteiger charge is -2.41. The monoisotopic (exact) mass is 522 g/mol. The van der Waals surface area contributed by atoms with E-state index in [1.807, 2.05) is 30.3 Å². The van der Waals surface area contributed by atoms with Gasteiger partial charge in [-0.15, -0.1) is 0 Å². The number of nitrogens with zero attached hydrogens (tertiary/aromatic N) is 2. The summed E-state index contributed by atoms with van der Waals surface area (Å²) in [5.74, 6) is -1.30. The average molecular weight is 523 g/mol. The quantitative estimate of drug-likeness (QED) is 0.496. The first kappa shape index (κ1) is 25.7. The molecule has 1 amide bonds. The van der Waals surface area contributed by atoms with E-state index in [1.54, 1.807) is 11.9 Å². The zero-order valence-corrected chi connectivity index (χ0v) is 22.2. The first-order valence-corrected chi connectivity index (χ1v) is 13.7. The van der Waals surface area contributed by atoms with Gasteiger partial charge in [0.05, 0.1) is 18.2 Å². The highest BCUT2D eigenvalue weighted by molar-refractivity contribution is 6.30. The first-order chi connectivity index (χ1) is 17.9. The summed E-state index contributed by atoms with van der Waals surface area (Å²) in [5, 5.41) is 10.8. The molecule has 0 fully saturated rings. The molecule has 1 aliphatic carbocycles. The highest BCUT2D eigenvalue weighted by atomic mass is 35.5. The Labute approximate surface area is 223 Å². The second-order valence-electron chi connectivity index (χ2n) is 10.7. The number of anilines is 1. The molecule has 0 unspecified atom stereocenters. The predicted octanol–water partition coefficient (Wildman–Crippen LogP) is 5.57. The van der Waals surface area contributed by atoms with Gasteiger partial charge in [-0.2, -0.15) is 0 Å². The van der Waals surface area contributed by atoms with E-state index in [1.165, 1.54) is 11.1 Å². The zero-order chi connectivity index (χ0) is 26.0. The highest BCUT2D eigenvalue weighted by Crippen LogP contribution is 2.45. The van der Waals surface area contributed by atoms with Crippen molar-refractivity contribution in [1.82, 2.24) is 4.90 Å². The number of allylic oxidation sites excluding steroid dienone is 1. The van der Waals surface area contributed by atoms with Gasteiger partial charge in [0.1, 0.15) is 5.75 Å². The van der Waals surface area contributed by atoms with Crippen molar-refractivity contribution in [3.8, 4) is 5.75 Å². The van der Waals surface area contributed by atoms with Crippen molar-refractivity contribution in [2.75, 3.05) is 38.2 Å². The van der Waals surface area contributed by atoms with Crippen LogP contribution in [0.3, 0.4) is 0 Å². The van der Waals surface area contributed by atoms with Gasteiger partial charge < -0.3 is 19.6 Å². The molecular formula is C30H35ClN2O4. The van der Waals surface area contributed by atoms with Crippen LogP contribution in [0.5, 0.6) is 5.75 Å². The van der Waals surface area contributed by atoms with E-state index in [0.717, 1.165) is 68.1 Å². The van der Waals surface area contributed by atoms with E-state index in [-0.39, 0.29) is 17.7 Å². The molecule has 1 spiro atoms. The predicted molar refractivity (Wildman–Crippen MR) is 146 cm³/mol. The minimum absolute atomic E-state index is 0.0720. The molecule has 37 heavy (non-hydrogen) atoms. The lowest BCUT2D eigenvalue weighted by Crippen LogP contribution is -2.46. The fourth-order valence-corrected chi connectivity index (χ4v) is 6.27. The van der Waals surface area contributed by atoms with Crippen LogP contribution in [0.4, 0.5) is 5.69 Å². The Kier molecular flexibility index (Phi) is 7.47. The van der Waals surface area contributed by atoms with Gasteiger partial charge in [-0.3, -0.25) is 9.59 Å². The number of carboxylic acids is 1. The molecule has 2 heterocycles. The van der Waals surface area contributed by atoms with Gasteiger partial charge in [0.2, 0.25) is 5.91 Å². The summed E-state index contributed by atoms with van der Waals surface area (Å²) in [5.41, 5.74) is 4.01. The van der Waals surface area contributed by atoms with Gasteiger partial charge in [-0.25, -0.2) is 0 Å². The largest absolute Gasteiger partial charge is 0.490 e. The number of fused-ring (bicyclic) bond motifs is 3. The smallest absolute Gasteiger partial charge is 0.311 e. The van der Waals surface area contributed by atoms with Crippen molar-refractivity contribution in [2.45, 2.75) is 56.3 Å². The van der Waals surface area contributed by atoms with Gasteiger partial charge in [-0.1, -0.05) is 35.9 Å². The van der Waals surface area contributed by atoms with Crippen LogP contribution < -0.4 is 9.64 Å². The van der Waals surface area contributed by atoms with Crippen molar-refractivity contribution < 1.29 is 19.4 Å². The Morgan fingerprint density at radius 1 is 1.14 bits per heavy atom. The maximum Gasteiger partial charge on any atom is 0.311 e. The number of halogens is 1. The zero-order valence-electron chi connectivity index (χ0n) is 21.4. The summed E-state index contributed by atoms with van der Waals surface area (Å²) in [4.78, 5) is 29.1. The van der Waals surface area contributed by atoms with Crippen LogP contribution in [0.15, 0.2) is 48.6 Å². The maximum absolute atomic E-state index is 12.8. The molecule has 0 aromatic heterocycles. The molecule has 7 heteroatoms. The van der Waals surface area contributed by atoms with Crippen molar-refractivity contribution in [3.63, 3.8) is 0 Å². The molecule has 2 atom stereocenters. The van der Waals surface area contributed by atoms with Gasteiger partial charge >= 0.3 is 5.97 Å². The van der Waals surface area contributed by atoms with E-state index in [9.17, 15) is 14.7 Å². The SMILES string of the molecule is CN1C/C=C\CCCCN2C[C@@]3(CCCc4cc(Cl)ccc43)COc3ccc(cc32)[C@@H](C(=O)O)CC1=O. The van der Waals surface area contributed by atoms with Crippen LogP contribution in [-0.4, -0.2) is 55.2 Å². The first-order valence-electron chi connectivity index (χ1n) is 13.3. The lowest BCUT2D eigenvalue weighted by molar-refractivity contribution is -0.142. The van der Waals surface area contributed by atoms with E-state index in [0.29, 0.717) is 18.7 Å². The number of aliphatic carboxylic acids is 1. The number of amides is 1. The Morgan fingerprint density at radius 3 is 2.84 bits per heavy atom. The Morgan fingerprint density at radius 2 is 2.00 bits per heavy atom. The second kappa shape index (κ2) is 10.8. The minimum atomic E-state index is -0.989. The van der Waals surface area contributed by atoms with Gasteiger partial charge in [0, 0.05) is 43.5 Å². The fourth-order valence-electron chi connectivity index (χ4n) is 6.08. The molecule has 2 bridgehead atoms. The topological polar surface area (TPSA) is 70.1 Å². The number of hydrogen-bond donors (Lipinski definition) is 1. The van der Waals surface area contributed by atoms with Gasteiger partial charge in [0.15, 0.2) is 0 Å². The van der Waals surface area contributed by atoms with Crippen LogP contribution in [0.1, 0.15) is 61.1 Å². The van der Waals surface area contributed by atoms with Gasteiger partial charge in [-0.05, 0) is 79.5 Å². The summed E-state index contributed by atoms with van der Waals surface area (Å²) < 4.78 is 6.50. The number of ether oxygens (including phenoxy) is 1. The number of rotatable bonds is 1. The molecule has 2 aromatic carbocycles. The van der Waals surface area contributed by atoms with Crippen LogP contribution in [-0.2, 0) is 21.4 Å². The Balaban J connectivity index is 1.55. The molecule has 196 valence electrons. The third kappa shape index (κ3) is 5.35. The molecule has 2 aliphatic heterocycles. The Hall–Kier alpha value is -2.99. The van der Waals surface area contributed by atoms with E-state index >= 15 is 0 Å². The molecule has 0 saturated carbocycles. The summed E-state index contributed by atoms with van der Waals surface area (Å²) in [6, 6.07) is 11.9. The molecule has 0 saturated heterocycles. The summed E-state index contributed by atoms with van der Waals surface area (Å²) in [7, 11) is 1.73. The van der Waals surface area contributed by atoms with Crippen molar-refractivity contribution in [1.29, 1.82) is 0 Å². The molecule has 5 rings (SSSR count). The average Bonchev–Trinajstić information content (AvgIpc) is 3.03. The number of carboxylic acid groups (broad SMARTS) is 1. The second-order valence-corrected chi connectivity index (χ2v) is 11.1.